The molecule has 0 fully saturated rings. The minimum absolute atomic E-state index is 0.0271. The van der Waals surface area contributed by atoms with E-state index >= 15 is 0 Å². The lowest BCUT2D eigenvalue weighted by Crippen LogP contribution is -2.26. The van der Waals surface area contributed by atoms with Crippen molar-refractivity contribution in [2.45, 2.75) is 39.7 Å². The summed E-state index contributed by atoms with van der Waals surface area (Å²) in [6.45, 7) is 6.25. The third-order valence-electron chi connectivity index (χ3n) is 4.91. The molecule has 3 rings (SSSR count). The molecule has 3 aromatic rings. The second kappa shape index (κ2) is 7.52. The van der Waals surface area contributed by atoms with Crippen LogP contribution in [0, 0.1) is 13.8 Å². The molecule has 0 heterocycles. The average Bonchev–Trinajstić information content (AvgIpc) is 2.62. The van der Waals surface area contributed by atoms with Crippen LogP contribution in [0.2, 0.25) is 0 Å². The van der Waals surface area contributed by atoms with Gasteiger partial charge in [0.05, 0.1) is 6.04 Å². The summed E-state index contributed by atoms with van der Waals surface area (Å²) in [5.74, 6) is 0.0960. The third kappa shape index (κ3) is 4.08. The summed E-state index contributed by atoms with van der Waals surface area (Å²) in [5, 5.41) is 5.58. The first-order chi connectivity index (χ1) is 12.0. The molecule has 25 heavy (non-hydrogen) atoms. The molecular formula is C23H25NO. The lowest BCUT2D eigenvalue weighted by Gasteiger charge is -2.16. The van der Waals surface area contributed by atoms with Crippen LogP contribution in [0.25, 0.3) is 10.8 Å². The van der Waals surface area contributed by atoms with Gasteiger partial charge in [0, 0.05) is 6.42 Å². The molecular weight excluding hydrogens is 306 g/mol. The number of fused-ring (bicyclic) bond motifs is 1. The van der Waals surface area contributed by atoms with Crippen molar-refractivity contribution in [1.82, 2.24) is 5.32 Å². The van der Waals surface area contributed by atoms with Gasteiger partial charge in [-0.2, -0.15) is 0 Å². The molecule has 0 aliphatic heterocycles. The van der Waals surface area contributed by atoms with Gasteiger partial charge in [0.1, 0.15) is 0 Å². The number of benzene rings is 3. The van der Waals surface area contributed by atoms with E-state index in [-0.39, 0.29) is 11.9 Å². The van der Waals surface area contributed by atoms with Gasteiger partial charge < -0.3 is 5.32 Å². The standard InChI is InChI=1S/C23H25NO/c1-16-11-12-21(15-17(16)2)18(3)24-23(25)14-13-20-9-6-8-19-7-4-5-10-22(19)20/h4-12,15,18H,13-14H2,1-3H3,(H,24,25)/t18-/m1/s1. The topological polar surface area (TPSA) is 29.1 Å². The van der Waals surface area contributed by atoms with Crippen molar-refractivity contribution in [2.75, 3.05) is 0 Å². The Hall–Kier alpha value is -2.61. The molecule has 128 valence electrons. The van der Waals surface area contributed by atoms with Crippen molar-refractivity contribution >= 4 is 16.7 Å². The fraction of sp³-hybridized carbons (Fsp3) is 0.261. The van der Waals surface area contributed by atoms with Crippen molar-refractivity contribution in [3.05, 3.63) is 82.9 Å². The SMILES string of the molecule is Cc1ccc([C@@H](C)NC(=O)CCc2cccc3ccccc23)cc1C. The first-order valence-corrected chi connectivity index (χ1v) is 8.88. The summed E-state index contributed by atoms with van der Waals surface area (Å²) in [7, 11) is 0. The van der Waals surface area contributed by atoms with E-state index in [1.54, 1.807) is 0 Å². The number of aryl methyl sites for hydroxylation is 3. The molecule has 1 amide bonds. The minimum Gasteiger partial charge on any atom is -0.350 e. The predicted molar refractivity (Wildman–Crippen MR) is 105 cm³/mol. The Morgan fingerprint density at radius 2 is 1.72 bits per heavy atom. The highest BCUT2D eigenvalue weighted by Gasteiger charge is 2.11. The van der Waals surface area contributed by atoms with Crippen LogP contribution in [0.5, 0.6) is 0 Å². The number of amides is 1. The zero-order valence-electron chi connectivity index (χ0n) is 15.2. The van der Waals surface area contributed by atoms with Crippen LogP contribution in [0.15, 0.2) is 60.7 Å². The van der Waals surface area contributed by atoms with Crippen LogP contribution >= 0.6 is 0 Å². The highest BCUT2D eigenvalue weighted by molar-refractivity contribution is 5.86. The molecule has 1 N–H and O–H groups in total. The molecule has 0 unspecified atom stereocenters. The van der Waals surface area contributed by atoms with Crippen LogP contribution < -0.4 is 5.32 Å². The van der Waals surface area contributed by atoms with Crippen LogP contribution in [-0.2, 0) is 11.2 Å². The molecule has 2 nitrogen and oxygen atoms in total. The van der Waals surface area contributed by atoms with Gasteiger partial charge in [-0.1, -0.05) is 60.7 Å². The number of carbonyl (C=O) groups excluding carboxylic acids is 1. The summed E-state index contributed by atoms with van der Waals surface area (Å²) in [4.78, 5) is 12.4. The number of hydrogen-bond acceptors (Lipinski definition) is 1. The van der Waals surface area contributed by atoms with Gasteiger partial charge in [-0.3, -0.25) is 4.79 Å². The van der Waals surface area contributed by atoms with E-state index in [0.717, 1.165) is 12.0 Å². The summed E-state index contributed by atoms with van der Waals surface area (Å²) in [6, 6.07) is 21.0. The van der Waals surface area contributed by atoms with Gasteiger partial charge in [0.25, 0.3) is 0 Å². The van der Waals surface area contributed by atoms with E-state index in [4.69, 9.17) is 0 Å². The van der Waals surface area contributed by atoms with Crippen LogP contribution in [0.3, 0.4) is 0 Å². The largest absolute Gasteiger partial charge is 0.350 e. The monoisotopic (exact) mass is 331 g/mol. The molecule has 0 aromatic heterocycles. The quantitative estimate of drug-likeness (QED) is 0.678. The molecule has 2 heteroatoms. The normalized spacial score (nSPS) is 12.1. The van der Waals surface area contributed by atoms with Gasteiger partial charge in [0.15, 0.2) is 0 Å². The smallest absolute Gasteiger partial charge is 0.220 e. The molecule has 0 saturated carbocycles. The summed E-state index contributed by atoms with van der Waals surface area (Å²) in [6.07, 6.45) is 1.26. The molecule has 1 atom stereocenters. The van der Waals surface area contributed by atoms with Crippen LogP contribution in [0.4, 0.5) is 0 Å². The van der Waals surface area contributed by atoms with Crippen molar-refractivity contribution in [3.8, 4) is 0 Å². The molecule has 0 saturated heterocycles. The second-order valence-corrected chi connectivity index (χ2v) is 6.77. The highest BCUT2D eigenvalue weighted by atomic mass is 16.1. The maximum Gasteiger partial charge on any atom is 0.220 e. The van der Waals surface area contributed by atoms with Gasteiger partial charge in [-0.05, 0) is 60.2 Å². The number of nitrogens with one attached hydrogen (secondary N) is 1. The Morgan fingerprint density at radius 3 is 2.52 bits per heavy atom. The number of rotatable bonds is 5. The lowest BCUT2D eigenvalue weighted by atomic mass is 10.00. The first-order valence-electron chi connectivity index (χ1n) is 8.88. The Balaban J connectivity index is 1.63. The third-order valence-corrected chi connectivity index (χ3v) is 4.91. The Kier molecular flexibility index (Phi) is 5.18. The fourth-order valence-corrected chi connectivity index (χ4v) is 3.19. The van der Waals surface area contributed by atoms with Gasteiger partial charge in [0.2, 0.25) is 5.91 Å². The second-order valence-electron chi connectivity index (χ2n) is 6.77. The van der Waals surface area contributed by atoms with E-state index in [1.165, 1.54) is 27.5 Å². The minimum atomic E-state index is 0.0271. The van der Waals surface area contributed by atoms with E-state index in [2.05, 4.69) is 67.7 Å². The molecule has 0 bridgehead atoms. The number of carbonyl (C=O) groups is 1. The Bertz CT molecular complexity index is 892. The average molecular weight is 331 g/mol. The molecule has 0 radical (unpaired) electrons. The molecule has 0 spiro atoms. The first kappa shape index (κ1) is 17.2. The zero-order chi connectivity index (χ0) is 17.8. The van der Waals surface area contributed by atoms with Crippen molar-refractivity contribution in [2.24, 2.45) is 0 Å². The van der Waals surface area contributed by atoms with E-state index in [9.17, 15) is 4.79 Å². The van der Waals surface area contributed by atoms with E-state index < -0.39 is 0 Å². The maximum atomic E-state index is 12.4. The van der Waals surface area contributed by atoms with Gasteiger partial charge in [-0.15, -0.1) is 0 Å². The zero-order valence-corrected chi connectivity index (χ0v) is 15.2. The van der Waals surface area contributed by atoms with Crippen LogP contribution in [0.1, 0.15) is 41.6 Å². The lowest BCUT2D eigenvalue weighted by molar-refractivity contribution is -0.121. The predicted octanol–water partition coefficient (Wildman–Crippen LogP) is 5.27. The summed E-state index contributed by atoms with van der Waals surface area (Å²) in [5.41, 5.74) is 4.92. The highest BCUT2D eigenvalue weighted by Crippen LogP contribution is 2.20. The fourth-order valence-electron chi connectivity index (χ4n) is 3.19. The van der Waals surface area contributed by atoms with Crippen LogP contribution in [-0.4, -0.2) is 5.91 Å². The Labute approximate surface area is 149 Å². The van der Waals surface area contributed by atoms with Crippen molar-refractivity contribution < 1.29 is 4.79 Å². The van der Waals surface area contributed by atoms with Gasteiger partial charge in [-0.25, -0.2) is 0 Å². The van der Waals surface area contributed by atoms with E-state index in [0.29, 0.717) is 6.42 Å². The summed E-state index contributed by atoms with van der Waals surface area (Å²) >= 11 is 0. The van der Waals surface area contributed by atoms with Crippen molar-refractivity contribution in [1.29, 1.82) is 0 Å². The molecule has 3 aromatic carbocycles. The van der Waals surface area contributed by atoms with Crippen molar-refractivity contribution in [3.63, 3.8) is 0 Å². The van der Waals surface area contributed by atoms with E-state index in [1.807, 2.05) is 19.1 Å². The van der Waals surface area contributed by atoms with Gasteiger partial charge >= 0.3 is 0 Å². The molecule has 0 aliphatic rings. The number of hydrogen-bond donors (Lipinski definition) is 1. The summed E-state index contributed by atoms with van der Waals surface area (Å²) < 4.78 is 0. The molecule has 0 aliphatic carbocycles. The maximum absolute atomic E-state index is 12.4. The Morgan fingerprint density at radius 1 is 0.960 bits per heavy atom.